The summed E-state index contributed by atoms with van der Waals surface area (Å²) in [5, 5.41) is 19.6. The first-order chi connectivity index (χ1) is 9.33. The molecule has 0 aliphatic heterocycles. The van der Waals surface area contributed by atoms with Gasteiger partial charge in [-0.15, -0.1) is 0 Å². The normalized spacial score (nSPS) is 12.4. The first-order valence-electron chi connectivity index (χ1n) is 6.23. The number of rotatable bonds is 7. The molecule has 1 aromatic carbocycles. The number of aliphatic carboxylic acids is 1. The standard InChI is InChI=1S/C13H17FN2O4/c1-3-9(2)15(8-13(17)18)7-10-4-11(14)6-12(5-10)16(19)20/h4-6,9H,3,7-8H2,1-2H3,(H,17,18). The van der Waals surface area contributed by atoms with E-state index >= 15 is 0 Å². The van der Waals surface area contributed by atoms with Crippen molar-refractivity contribution in [2.75, 3.05) is 6.54 Å². The third-order valence-electron chi connectivity index (χ3n) is 3.09. The Morgan fingerprint density at radius 2 is 2.15 bits per heavy atom. The zero-order chi connectivity index (χ0) is 15.3. The van der Waals surface area contributed by atoms with Crippen LogP contribution >= 0.6 is 0 Å². The van der Waals surface area contributed by atoms with Gasteiger partial charge in [-0.1, -0.05) is 6.92 Å². The summed E-state index contributed by atoms with van der Waals surface area (Å²) in [6.07, 6.45) is 0.727. The molecule has 20 heavy (non-hydrogen) atoms. The van der Waals surface area contributed by atoms with Crippen LogP contribution < -0.4 is 0 Å². The van der Waals surface area contributed by atoms with Crippen LogP contribution in [0.3, 0.4) is 0 Å². The molecule has 0 aliphatic carbocycles. The minimum Gasteiger partial charge on any atom is -0.480 e. The molecule has 1 aromatic rings. The Balaban J connectivity index is 2.98. The summed E-state index contributed by atoms with van der Waals surface area (Å²) in [5.41, 5.74) is 0.0534. The fourth-order valence-corrected chi connectivity index (χ4v) is 1.86. The van der Waals surface area contributed by atoms with Crippen molar-refractivity contribution in [3.63, 3.8) is 0 Å². The van der Waals surface area contributed by atoms with Gasteiger partial charge in [0.05, 0.1) is 17.5 Å². The third-order valence-corrected chi connectivity index (χ3v) is 3.09. The van der Waals surface area contributed by atoms with Gasteiger partial charge in [-0.25, -0.2) is 4.39 Å². The summed E-state index contributed by atoms with van der Waals surface area (Å²) < 4.78 is 13.3. The van der Waals surface area contributed by atoms with E-state index in [1.54, 1.807) is 4.90 Å². The van der Waals surface area contributed by atoms with Gasteiger partial charge in [0.25, 0.3) is 5.69 Å². The van der Waals surface area contributed by atoms with E-state index in [-0.39, 0.29) is 24.8 Å². The van der Waals surface area contributed by atoms with Crippen molar-refractivity contribution < 1.29 is 19.2 Å². The molecule has 1 N–H and O–H groups in total. The highest BCUT2D eigenvalue weighted by Crippen LogP contribution is 2.19. The van der Waals surface area contributed by atoms with Gasteiger partial charge in [0.2, 0.25) is 0 Å². The minimum absolute atomic E-state index is 0.0200. The highest BCUT2D eigenvalue weighted by atomic mass is 19.1. The number of hydrogen-bond donors (Lipinski definition) is 1. The lowest BCUT2D eigenvalue weighted by Crippen LogP contribution is -2.36. The lowest BCUT2D eigenvalue weighted by atomic mass is 10.1. The van der Waals surface area contributed by atoms with Gasteiger partial charge in [-0.3, -0.25) is 19.8 Å². The van der Waals surface area contributed by atoms with Gasteiger partial charge in [-0.05, 0) is 25.0 Å². The molecule has 0 aromatic heterocycles. The Hall–Kier alpha value is -2.02. The summed E-state index contributed by atoms with van der Waals surface area (Å²) in [6.45, 7) is 3.73. The zero-order valence-electron chi connectivity index (χ0n) is 11.4. The van der Waals surface area contributed by atoms with Gasteiger partial charge in [0.1, 0.15) is 5.82 Å². The van der Waals surface area contributed by atoms with E-state index in [0.29, 0.717) is 5.56 Å². The molecule has 110 valence electrons. The van der Waals surface area contributed by atoms with Crippen LogP contribution in [-0.4, -0.2) is 33.5 Å². The van der Waals surface area contributed by atoms with E-state index in [4.69, 9.17) is 5.11 Å². The fourth-order valence-electron chi connectivity index (χ4n) is 1.86. The van der Waals surface area contributed by atoms with Crippen LogP contribution in [0.4, 0.5) is 10.1 Å². The molecule has 0 bridgehead atoms. The summed E-state index contributed by atoms with van der Waals surface area (Å²) in [5.74, 6) is -1.69. The molecule has 0 spiro atoms. The largest absolute Gasteiger partial charge is 0.480 e. The second-order valence-corrected chi connectivity index (χ2v) is 4.63. The quantitative estimate of drug-likeness (QED) is 0.614. The van der Waals surface area contributed by atoms with Gasteiger partial charge in [0, 0.05) is 18.7 Å². The number of carbonyl (C=O) groups is 1. The second kappa shape index (κ2) is 6.95. The van der Waals surface area contributed by atoms with Crippen LogP contribution in [0.5, 0.6) is 0 Å². The van der Waals surface area contributed by atoms with E-state index in [9.17, 15) is 19.3 Å². The minimum atomic E-state index is -0.990. The number of nitro groups is 1. The Bertz CT molecular complexity index is 507. The predicted molar refractivity (Wildman–Crippen MR) is 70.9 cm³/mol. The van der Waals surface area contributed by atoms with Crippen LogP contribution in [0.15, 0.2) is 18.2 Å². The van der Waals surface area contributed by atoms with Crippen LogP contribution in [0.2, 0.25) is 0 Å². The summed E-state index contributed by atoms with van der Waals surface area (Å²) in [7, 11) is 0. The molecule has 0 amide bonds. The van der Waals surface area contributed by atoms with Crippen molar-refractivity contribution in [3.05, 3.63) is 39.7 Å². The Kier molecular flexibility index (Phi) is 5.57. The van der Waals surface area contributed by atoms with E-state index in [1.807, 2.05) is 13.8 Å². The molecule has 1 unspecified atom stereocenters. The van der Waals surface area contributed by atoms with E-state index < -0.39 is 16.7 Å². The maximum atomic E-state index is 13.3. The molecule has 1 rings (SSSR count). The van der Waals surface area contributed by atoms with Crippen molar-refractivity contribution in [3.8, 4) is 0 Å². The molecular formula is C13H17FN2O4. The Labute approximate surface area is 116 Å². The van der Waals surface area contributed by atoms with Crippen LogP contribution in [0, 0.1) is 15.9 Å². The SMILES string of the molecule is CCC(C)N(CC(=O)O)Cc1cc(F)cc([N+](=O)[O-])c1. The number of nitrogens with zero attached hydrogens (tertiary/aromatic N) is 2. The molecule has 0 saturated heterocycles. The lowest BCUT2D eigenvalue weighted by Gasteiger charge is -2.26. The highest BCUT2D eigenvalue weighted by molar-refractivity contribution is 5.69. The number of halogens is 1. The zero-order valence-corrected chi connectivity index (χ0v) is 11.4. The molecule has 0 aliphatic rings. The van der Waals surface area contributed by atoms with Crippen molar-refractivity contribution >= 4 is 11.7 Å². The Morgan fingerprint density at radius 3 is 2.65 bits per heavy atom. The summed E-state index contributed by atoms with van der Waals surface area (Å²) in [6, 6.07) is 3.27. The molecule has 7 heteroatoms. The van der Waals surface area contributed by atoms with E-state index in [1.165, 1.54) is 12.1 Å². The molecule has 0 fully saturated rings. The van der Waals surface area contributed by atoms with Gasteiger partial charge < -0.3 is 5.11 Å². The molecule has 0 radical (unpaired) electrons. The van der Waals surface area contributed by atoms with Crippen molar-refractivity contribution in [1.82, 2.24) is 4.90 Å². The van der Waals surface area contributed by atoms with Crippen molar-refractivity contribution in [2.24, 2.45) is 0 Å². The second-order valence-electron chi connectivity index (χ2n) is 4.63. The predicted octanol–water partition coefficient (Wildman–Crippen LogP) is 2.42. The smallest absolute Gasteiger partial charge is 0.317 e. The number of nitro benzene ring substituents is 1. The molecule has 1 atom stereocenters. The maximum absolute atomic E-state index is 13.3. The topological polar surface area (TPSA) is 83.7 Å². The first-order valence-corrected chi connectivity index (χ1v) is 6.23. The number of carboxylic acids is 1. The molecule has 0 heterocycles. The Morgan fingerprint density at radius 1 is 1.50 bits per heavy atom. The molecule has 6 nitrogen and oxygen atoms in total. The van der Waals surface area contributed by atoms with Crippen LogP contribution in [0.25, 0.3) is 0 Å². The van der Waals surface area contributed by atoms with Crippen molar-refractivity contribution in [2.45, 2.75) is 32.9 Å². The lowest BCUT2D eigenvalue weighted by molar-refractivity contribution is -0.385. The summed E-state index contributed by atoms with van der Waals surface area (Å²) in [4.78, 5) is 22.5. The first kappa shape index (κ1) is 16.0. The van der Waals surface area contributed by atoms with Gasteiger partial charge in [-0.2, -0.15) is 0 Å². The van der Waals surface area contributed by atoms with Crippen LogP contribution in [0.1, 0.15) is 25.8 Å². The summed E-state index contributed by atoms with van der Waals surface area (Å²) >= 11 is 0. The fraction of sp³-hybridized carbons (Fsp3) is 0.462. The maximum Gasteiger partial charge on any atom is 0.317 e. The average molecular weight is 284 g/mol. The van der Waals surface area contributed by atoms with Gasteiger partial charge >= 0.3 is 5.97 Å². The monoisotopic (exact) mass is 284 g/mol. The number of benzene rings is 1. The average Bonchev–Trinajstić information content (AvgIpc) is 2.35. The highest BCUT2D eigenvalue weighted by Gasteiger charge is 2.18. The molecule has 0 saturated carbocycles. The number of non-ortho nitro benzene ring substituents is 1. The van der Waals surface area contributed by atoms with E-state index in [2.05, 4.69) is 0 Å². The van der Waals surface area contributed by atoms with Crippen molar-refractivity contribution in [1.29, 1.82) is 0 Å². The van der Waals surface area contributed by atoms with Gasteiger partial charge in [0.15, 0.2) is 0 Å². The number of hydrogen-bond acceptors (Lipinski definition) is 4. The third kappa shape index (κ3) is 4.58. The number of carboxylic acid groups (broad SMARTS) is 1. The molecular weight excluding hydrogens is 267 g/mol. The van der Waals surface area contributed by atoms with E-state index in [0.717, 1.165) is 12.5 Å². The van der Waals surface area contributed by atoms with Crippen LogP contribution in [-0.2, 0) is 11.3 Å².